The average Bonchev–Trinajstić information content (AvgIpc) is 3.25. The van der Waals surface area contributed by atoms with E-state index in [0.717, 1.165) is 27.7 Å². The molecule has 0 saturated heterocycles. The summed E-state index contributed by atoms with van der Waals surface area (Å²) in [6.07, 6.45) is 0. The van der Waals surface area contributed by atoms with E-state index in [1.807, 2.05) is 72.3 Å². The van der Waals surface area contributed by atoms with Crippen molar-refractivity contribution in [2.75, 3.05) is 11.1 Å². The zero-order valence-corrected chi connectivity index (χ0v) is 20.9. The highest BCUT2D eigenvalue weighted by Crippen LogP contribution is 2.33. The minimum Gasteiger partial charge on any atom is -0.324 e. The molecule has 2 heterocycles. The number of carbonyl (C=O) groups excluding carboxylic acids is 1. The summed E-state index contributed by atoms with van der Waals surface area (Å²) in [6, 6.07) is 25.1. The predicted molar refractivity (Wildman–Crippen MR) is 143 cm³/mol. The number of halogens is 2. The summed E-state index contributed by atoms with van der Waals surface area (Å²) >= 11 is 13.5. The monoisotopic (exact) mass is 519 g/mol. The summed E-state index contributed by atoms with van der Waals surface area (Å²) in [7, 11) is 1.89. The molecule has 1 N–H and O–H groups in total. The van der Waals surface area contributed by atoms with Crippen molar-refractivity contribution in [3.63, 3.8) is 0 Å². The van der Waals surface area contributed by atoms with Gasteiger partial charge in [0.25, 0.3) is 0 Å². The number of anilines is 1. The topological polar surface area (TPSA) is 72.7 Å². The molecule has 0 atom stereocenters. The Labute approximate surface area is 216 Å². The molecule has 6 nitrogen and oxygen atoms in total. The number of para-hydroxylation sites is 1. The number of thioether (sulfide) groups is 1. The molecule has 0 aliphatic rings. The summed E-state index contributed by atoms with van der Waals surface area (Å²) in [6.45, 7) is 0. The first kappa shape index (κ1) is 23.4. The van der Waals surface area contributed by atoms with Crippen molar-refractivity contribution in [3.8, 4) is 22.6 Å². The third-order valence-corrected chi connectivity index (χ3v) is 7.26. The summed E-state index contributed by atoms with van der Waals surface area (Å²) < 4.78 is 1.89. The Hall–Kier alpha value is -3.39. The lowest BCUT2D eigenvalue weighted by Gasteiger charge is -2.10. The van der Waals surface area contributed by atoms with Crippen LogP contribution in [-0.4, -0.2) is 31.4 Å². The fourth-order valence-corrected chi connectivity index (χ4v) is 4.77. The van der Waals surface area contributed by atoms with Gasteiger partial charge in [-0.3, -0.25) is 4.79 Å². The standard InChI is InChI=1S/C26H19Cl2N5OS/c1-33-25(31-32-26(33)35-15-23(34)30-21-13-7-11-19(27)24(21)28)18-14-22(16-8-3-2-4-9-16)29-20-12-6-5-10-17(18)20/h2-14H,15H2,1H3,(H,30,34). The molecule has 0 aliphatic carbocycles. The number of aromatic nitrogens is 4. The second kappa shape index (κ2) is 10.1. The highest BCUT2D eigenvalue weighted by atomic mass is 35.5. The Bertz CT molecular complexity index is 1540. The van der Waals surface area contributed by atoms with Gasteiger partial charge in [-0.2, -0.15) is 0 Å². The van der Waals surface area contributed by atoms with E-state index in [9.17, 15) is 4.79 Å². The van der Waals surface area contributed by atoms with Crippen LogP contribution in [0.3, 0.4) is 0 Å². The molecule has 174 valence electrons. The van der Waals surface area contributed by atoms with Gasteiger partial charge >= 0.3 is 0 Å². The Morgan fingerprint density at radius 2 is 1.74 bits per heavy atom. The normalized spacial score (nSPS) is 11.1. The van der Waals surface area contributed by atoms with Gasteiger partial charge in [-0.15, -0.1) is 10.2 Å². The summed E-state index contributed by atoms with van der Waals surface area (Å²) in [5.74, 6) is 0.618. The Morgan fingerprint density at radius 3 is 2.57 bits per heavy atom. The molecule has 0 saturated carbocycles. The molecular formula is C26H19Cl2N5OS. The van der Waals surface area contributed by atoms with Gasteiger partial charge in [0.05, 0.1) is 32.7 Å². The largest absolute Gasteiger partial charge is 0.324 e. The van der Waals surface area contributed by atoms with Crippen LogP contribution < -0.4 is 5.32 Å². The van der Waals surface area contributed by atoms with Gasteiger partial charge in [0.2, 0.25) is 5.91 Å². The third kappa shape index (κ3) is 4.89. The zero-order chi connectivity index (χ0) is 24.4. The van der Waals surface area contributed by atoms with Crippen LogP contribution in [0.15, 0.2) is 84.0 Å². The molecule has 0 radical (unpaired) electrons. The van der Waals surface area contributed by atoms with Crippen LogP contribution in [0, 0.1) is 0 Å². The van der Waals surface area contributed by atoms with E-state index in [1.54, 1.807) is 18.2 Å². The van der Waals surface area contributed by atoms with Crippen LogP contribution in [0.4, 0.5) is 5.69 Å². The van der Waals surface area contributed by atoms with Crippen molar-refractivity contribution in [3.05, 3.63) is 88.9 Å². The van der Waals surface area contributed by atoms with Gasteiger partial charge in [-0.25, -0.2) is 4.98 Å². The maximum absolute atomic E-state index is 12.5. The second-order valence-electron chi connectivity index (χ2n) is 7.74. The number of hydrogen-bond acceptors (Lipinski definition) is 5. The molecule has 35 heavy (non-hydrogen) atoms. The van der Waals surface area contributed by atoms with Crippen LogP contribution in [0.5, 0.6) is 0 Å². The van der Waals surface area contributed by atoms with Crippen molar-refractivity contribution in [2.24, 2.45) is 7.05 Å². The Morgan fingerprint density at radius 1 is 0.971 bits per heavy atom. The molecule has 0 unspecified atom stereocenters. The summed E-state index contributed by atoms with van der Waals surface area (Å²) in [5, 5.41) is 13.9. The van der Waals surface area contributed by atoms with Crippen molar-refractivity contribution < 1.29 is 4.79 Å². The van der Waals surface area contributed by atoms with E-state index in [4.69, 9.17) is 28.2 Å². The van der Waals surface area contributed by atoms with Crippen molar-refractivity contribution >= 4 is 57.5 Å². The molecule has 0 spiro atoms. The van der Waals surface area contributed by atoms with Gasteiger partial charge in [-0.1, -0.05) is 89.6 Å². The maximum Gasteiger partial charge on any atom is 0.234 e. The predicted octanol–water partition coefficient (Wildman–Crippen LogP) is 6.73. The first-order valence-electron chi connectivity index (χ1n) is 10.7. The molecule has 3 aromatic carbocycles. The van der Waals surface area contributed by atoms with E-state index in [-0.39, 0.29) is 11.7 Å². The molecule has 0 aliphatic heterocycles. The molecular weight excluding hydrogens is 501 g/mol. The number of nitrogens with one attached hydrogen (secondary N) is 1. The highest BCUT2D eigenvalue weighted by Gasteiger charge is 2.17. The van der Waals surface area contributed by atoms with Gasteiger partial charge in [0, 0.05) is 23.6 Å². The number of fused-ring (bicyclic) bond motifs is 1. The van der Waals surface area contributed by atoms with Gasteiger partial charge < -0.3 is 9.88 Å². The number of amides is 1. The molecule has 5 rings (SSSR count). The quantitative estimate of drug-likeness (QED) is 0.251. The lowest BCUT2D eigenvalue weighted by atomic mass is 10.0. The van der Waals surface area contributed by atoms with Crippen LogP contribution in [-0.2, 0) is 11.8 Å². The molecule has 2 aromatic heterocycles. The number of pyridine rings is 1. The van der Waals surface area contributed by atoms with Gasteiger partial charge in [0.1, 0.15) is 0 Å². The Kier molecular flexibility index (Phi) is 6.72. The van der Waals surface area contributed by atoms with Crippen LogP contribution in [0.1, 0.15) is 0 Å². The smallest absolute Gasteiger partial charge is 0.234 e. The molecule has 0 bridgehead atoms. The van der Waals surface area contributed by atoms with E-state index in [2.05, 4.69) is 15.5 Å². The SMILES string of the molecule is Cn1c(SCC(=O)Nc2cccc(Cl)c2Cl)nnc1-c1cc(-c2ccccc2)nc2ccccc12. The highest BCUT2D eigenvalue weighted by molar-refractivity contribution is 7.99. The molecule has 1 amide bonds. The minimum atomic E-state index is -0.218. The first-order chi connectivity index (χ1) is 17.0. The molecule has 9 heteroatoms. The third-order valence-electron chi connectivity index (χ3n) is 5.42. The van der Waals surface area contributed by atoms with Crippen molar-refractivity contribution in [1.82, 2.24) is 19.7 Å². The first-order valence-corrected chi connectivity index (χ1v) is 12.5. The molecule has 5 aromatic rings. The molecule has 0 fully saturated rings. The van der Waals surface area contributed by atoms with E-state index in [0.29, 0.717) is 26.7 Å². The fourth-order valence-electron chi connectivity index (χ4n) is 3.71. The zero-order valence-electron chi connectivity index (χ0n) is 18.6. The van der Waals surface area contributed by atoms with Crippen LogP contribution in [0.2, 0.25) is 10.0 Å². The van der Waals surface area contributed by atoms with Crippen molar-refractivity contribution in [1.29, 1.82) is 0 Å². The summed E-state index contributed by atoms with van der Waals surface area (Å²) in [5.41, 5.74) is 4.15. The average molecular weight is 520 g/mol. The number of hydrogen-bond donors (Lipinski definition) is 1. The number of nitrogens with zero attached hydrogens (tertiary/aromatic N) is 4. The summed E-state index contributed by atoms with van der Waals surface area (Å²) in [4.78, 5) is 17.4. The number of rotatable bonds is 6. The van der Waals surface area contributed by atoms with Crippen LogP contribution in [0.25, 0.3) is 33.5 Å². The van der Waals surface area contributed by atoms with Crippen molar-refractivity contribution in [2.45, 2.75) is 5.16 Å². The fraction of sp³-hybridized carbons (Fsp3) is 0.0769. The number of carbonyl (C=O) groups is 1. The van der Waals surface area contributed by atoms with Gasteiger partial charge in [-0.05, 0) is 24.3 Å². The van der Waals surface area contributed by atoms with E-state index < -0.39 is 0 Å². The minimum absolute atomic E-state index is 0.140. The van der Waals surface area contributed by atoms with E-state index in [1.165, 1.54) is 11.8 Å². The van der Waals surface area contributed by atoms with Gasteiger partial charge in [0.15, 0.2) is 11.0 Å². The second-order valence-corrected chi connectivity index (χ2v) is 9.47. The van der Waals surface area contributed by atoms with E-state index >= 15 is 0 Å². The Balaban J connectivity index is 1.42. The number of benzene rings is 3. The lowest BCUT2D eigenvalue weighted by molar-refractivity contribution is -0.113. The maximum atomic E-state index is 12.5. The lowest BCUT2D eigenvalue weighted by Crippen LogP contribution is -2.14. The van der Waals surface area contributed by atoms with Crippen LogP contribution >= 0.6 is 35.0 Å².